The first-order chi connectivity index (χ1) is 9.52. The van der Waals surface area contributed by atoms with Crippen molar-refractivity contribution in [3.63, 3.8) is 0 Å². The van der Waals surface area contributed by atoms with E-state index < -0.39 is 12.3 Å². The Bertz CT molecular complexity index is 651. The van der Waals surface area contributed by atoms with Crippen LogP contribution in [0.1, 0.15) is 19.6 Å². The molecule has 1 saturated heterocycles. The summed E-state index contributed by atoms with van der Waals surface area (Å²) in [5, 5.41) is 10.0. The van der Waals surface area contributed by atoms with Gasteiger partial charge in [0.2, 0.25) is 5.28 Å². The molecule has 2 aromatic rings. The molecule has 0 bridgehead atoms. The molecule has 0 aliphatic carbocycles. The minimum Gasteiger partial charge on any atom is -0.387 e. The zero-order valence-electron chi connectivity index (χ0n) is 10.6. The lowest BCUT2D eigenvalue weighted by Crippen LogP contribution is -2.26. The normalized spacial score (nSPS) is 30.2. The fourth-order valence-corrected chi connectivity index (χ4v) is 2.99. The molecular weight excluding hydrogens is 302 g/mol. The number of aliphatic hydroxyl groups excluding tert-OH is 1. The number of thiol groups is 1. The monoisotopic (exact) mass is 315 g/mol. The Balaban J connectivity index is 2.07. The van der Waals surface area contributed by atoms with Gasteiger partial charge in [0.15, 0.2) is 17.7 Å². The lowest BCUT2D eigenvalue weighted by atomic mass is 10.1. The van der Waals surface area contributed by atoms with Gasteiger partial charge in [0.05, 0.1) is 17.7 Å². The number of fused-ring (bicyclic) bond motifs is 1. The highest BCUT2D eigenvalue weighted by atomic mass is 35.5. The molecule has 2 aromatic heterocycles. The van der Waals surface area contributed by atoms with E-state index in [4.69, 9.17) is 22.1 Å². The Morgan fingerprint density at radius 2 is 2.30 bits per heavy atom. The number of aliphatic hydroxyl groups is 1. The Hall–Kier alpha value is -1.09. The van der Waals surface area contributed by atoms with E-state index in [-0.39, 0.29) is 22.5 Å². The molecule has 1 aliphatic rings. The lowest BCUT2D eigenvalue weighted by molar-refractivity contribution is -0.0355. The Morgan fingerprint density at radius 3 is 2.95 bits per heavy atom. The van der Waals surface area contributed by atoms with Gasteiger partial charge in [0.25, 0.3) is 0 Å². The molecule has 3 rings (SSSR count). The molecule has 9 heteroatoms. The highest BCUT2D eigenvalue weighted by molar-refractivity contribution is 7.81. The molecular formula is C11H14ClN5O2S. The summed E-state index contributed by atoms with van der Waals surface area (Å²) in [7, 11) is 0. The van der Waals surface area contributed by atoms with Gasteiger partial charge >= 0.3 is 0 Å². The van der Waals surface area contributed by atoms with Crippen LogP contribution in [0.2, 0.25) is 5.28 Å². The molecule has 108 valence electrons. The zero-order chi connectivity index (χ0) is 14.4. The average Bonchev–Trinajstić information content (AvgIpc) is 2.93. The third-order valence-electron chi connectivity index (χ3n) is 3.43. The highest BCUT2D eigenvalue weighted by Crippen LogP contribution is 2.35. The summed E-state index contributed by atoms with van der Waals surface area (Å²) in [6, 6.07) is 0. The Morgan fingerprint density at radius 1 is 1.55 bits per heavy atom. The topological polar surface area (TPSA) is 99.1 Å². The summed E-state index contributed by atoms with van der Waals surface area (Å²) in [5.41, 5.74) is 6.62. The van der Waals surface area contributed by atoms with Crippen molar-refractivity contribution in [1.29, 1.82) is 0 Å². The number of halogens is 1. The van der Waals surface area contributed by atoms with E-state index in [1.165, 1.54) is 6.33 Å². The Labute approximate surface area is 125 Å². The van der Waals surface area contributed by atoms with Gasteiger partial charge in [-0.25, -0.2) is 4.98 Å². The van der Waals surface area contributed by atoms with Crippen molar-refractivity contribution in [3.05, 3.63) is 11.6 Å². The zero-order valence-corrected chi connectivity index (χ0v) is 12.3. The van der Waals surface area contributed by atoms with Crippen LogP contribution in [0.3, 0.4) is 0 Å². The third kappa shape index (κ3) is 2.03. The summed E-state index contributed by atoms with van der Waals surface area (Å²) < 4.78 is 7.43. The van der Waals surface area contributed by atoms with Crippen LogP contribution in [0.25, 0.3) is 11.2 Å². The maximum absolute atomic E-state index is 10.3. The van der Waals surface area contributed by atoms with E-state index in [0.29, 0.717) is 11.2 Å². The third-order valence-corrected chi connectivity index (χ3v) is 4.24. The van der Waals surface area contributed by atoms with Crippen molar-refractivity contribution in [2.45, 2.75) is 37.0 Å². The van der Waals surface area contributed by atoms with E-state index in [2.05, 4.69) is 27.6 Å². The number of nitrogens with zero attached hydrogens (tertiary/aromatic N) is 4. The smallest absolute Gasteiger partial charge is 0.226 e. The van der Waals surface area contributed by atoms with Gasteiger partial charge in [-0.1, -0.05) is 6.92 Å². The molecule has 0 aromatic carbocycles. The number of imidazole rings is 1. The van der Waals surface area contributed by atoms with Gasteiger partial charge < -0.3 is 15.6 Å². The summed E-state index contributed by atoms with van der Waals surface area (Å²) in [4.78, 5) is 12.1. The van der Waals surface area contributed by atoms with Gasteiger partial charge in [0, 0.05) is 0 Å². The van der Waals surface area contributed by atoms with E-state index in [9.17, 15) is 5.11 Å². The first kappa shape index (κ1) is 13.9. The molecule has 0 unspecified atom stereocenters. The van der Waals surface area contributed by atoms with Crippen molar-refractivity contribution in [2.24, 2.45) is 0 Å². The summed E-state index contributed by atoms with van der Waals surface area (Å²) >= 11 is 10.2. The van der Waals surface area contributed by atoms with Crippen LogP contribution < -0.4 is 5.73 Å². The molecule has 20 heavy (non-hydrogen) atoms. The summed E-state index contributed by atoms with van der Waals surface area (Å²) in [6.45, 7) is 1.98. The molecule has 1 fully saturated rings. The first-order valence-corrected chi connectivity index (χ1v) is 7.09. The van der Waals surface area contributed by atoms with Crippen molar-refractivity contribution in [2.75, 3.05) is 5.73 Å². The molecule has 4 atom stereocenters. The molecule has 0 amide bonds. The van der Waals surface area contributed by atoms with Crippen LogP contribution >= 0.6 is 24.2 Å². The predicted molar refractivity (Wildman–Crippen MR) is 77.7 cm³/mol. The largest absolute Gasteiger partial charge is 0.387 e. The van der Waals surface area contributed by atoms with Gasteiger partial charge in [-0.05, 0) is 18.0 Å². The van der Waals surface area contributed by atoms with E-state index >= 15 is 0 Å². The number of aromatic nitrogens is 4. The number of ether oxygens (including phenoxy) is 1. The van der Waals surface area contributed by atoms with E-state index in [1.54, 1.807) is 4.57 Å². The summed E-state index contributed by atoms with van der Waals surface area (Å²) in [5.74, 6) is 0.195. The molecule has 7 nitrogen and oxygen atoms in total. The lowest BCUT2D eigenvalue weighted by Gasteiger charge is -2.16. The Kier molecular flexibility index (Phi) is 3.49. The minimum absolute atomic E-state index is 0.0266. The van der Waals surface area contributed by atoms with Gasteiger partial charge in [-0.15, -0.1) is 0 Å². The number of rotatable bonds is 2. The quantitative estimate of drug-likeness (QED) is 0.565. The number of nitrogens with two attached hydrogens (primary N) is 1. The second-order valence-corrected chi connectivity index (χ2v) is 5.59. The van der Waals surface area contributed by atoms with Crippen molar-refractivity contribution in [3.8, 4) is 0 Å². The molecule has 3 N–H and O–H groups in total. The number of anilines is 1. The average molecular weight is 316 g/mol. The van der Waals surface area contributed by atoms with Gasteiger partial charge in [-0.2, -0.15) is 22.6 Å². The van der Waals surface area contributed by atoms with Crippen molar-refractivity contribution in [1.82, 2.24) is 19.5 Å². The molecule has 0 saturated carbocycles. The van der Waals surface area contributed by atoms with Crippen molar-refractivity contribution >= 4 is 41.2 Å². The molecule has 3 heterocycles. The van der Waals surface area contributed by atoms with Crippen LogP contribution in [0, 0.1) is 0 Å². The van der Waals surface area contributed by atoms with Crippen molar-refractivity contribution < 1.29 is 9.84 Å². The van der Waals surface area contributed by atoms with E-state index in [0.717, 1.165) is 6.42 Å². The second kappa shape index (κ2) is 5.03. The molecule has 0 spiro atoms. The van der Waals surface area contributed by atoms with Crippen LogP contribution in [0.15, 0.2) is 6.33 Å². The van der Waals surface area contributed by atoms with Crippen LogP contribution in [0.5, 0.6) is 0 Å². The van der Waals surface area contributed by atoms with E-state index in [1.807, 2.05) is 6.92 Å². The molecule has 1 aliphatic heterocycles. The fourth-order valence-electron chi connectivity index (χ4n) is 2.39. The number of hydrogen-bond acceptors (Lipinski definition) is 7. The fraction of sp³-hybridized carbons (Fsp3) is 0.545. The number of hydrogen-bond donors (Lipinski definition) is 3. The standard InChI is InChI=1S/C11H14ClN5O2S/c1-2-4-7(20)6(18)10(19-4)17-3-14-5-8(13)15-11(12)16-9(5)17/h3-4,6-7,10,18,20H,2H2,1H3,(H2,13,15,16)/t4-,6-,7-,10-/m1/s1. The van der Waals surface area contributed by atoms with Gasteiger partial charge in [-0.3, -0.25) is 4.57 Å². The maximum atomic E-state index is 10.3. The van der Waals surface area contributed by atoms with Crippen LogP contribution in [0.4, 0.5) is 5.82 Å². The number of nitrogen functional groups attached to an aromatic ring is 1. The highest BCUT2D eigenvalue weighted by Gasteiger charge is 2.42. The first-order valence-electron chi connectivity index (χ1n) is 6.20. The van der Waals surface area contributed by atoms with Gasteiger partial charge in [0.1, 0.15) is 11.6 Å². The van der Waals surface area contributed by atoms with Crippen LogP contribution in [-0.4, -0.2) is 42.1 Å². The molecule has 0 radical (unpaired) electrons. The minimum atomic E-state index is -0.768. The predicted octanol–water partition coefficient (Wildman–Crippen LogP) is 1.03. The summed E-state index contributed by atoms with van der Waals surface area (Å²) in [6.07, 6.45) is 0.754. The second-order valence-electron chi connectivity index (χ2n) is 4.66. The van der Waals surface area contributed by atoms with Crippen LogP contribution in [-0.2, 0) is 4.74 Å². The maximum Gasteiger partial charge on any atom is 0.226 e. The SMILES string of the molecule is CC[C@H]1O[C@@H](n2cnc3c(N)nc(Cl)nc32)[C@H](O)[C@@H]1S.